The number of benzene rings is 2. The zero-order valence-electron chi connectivity index (χ0n) is 16.6. The van der Waals surface area contributed by atoms with Gasteiger partial charge in [-0.3, -0.25) is 4.90 Å². The third-order valence-electron chi connectivity index (χ3n) is 5.05. The molecule has 2 aromatic carbocycles. The molecule has 3 aromatic rings. The first-order valence-electron chi connectivity index (χ1n) is 9.93. The van der Waals surface area contributed by atoms with E-state index >= 15 is 0 Å². The van der Waals surface area contributed by atoms with Crippen LogP contribution in [0.2, 0.25) is 5.02 Å². The molecule has 1 aromatic heterocycles. The molecule has 2 heterocycles. The quantitative estimate of drug-likeness (QED) is 0.354. The second kappa shape index (κ2) is 10.6. The zero-order valence-corrected chi connectivity index (χ0v) is 19.0. The lowest BCUT2D eigenvalue weighted by atomic mass is 10.1. The molecular formula is C22H22ClF2N3OS2. The maximum absolute atomic E-state index is 12.9. The summed E-state index contributed by atoms with van der Waals surface area (Å²) in [4.78, 5) is 7.44. The Bertz CT molecular complexity index is 983. The summed E-state index contributed by atoms with van der Waals surface area (Å²) in [7, 11) is 0. The Morgan fingerprint density at radius 3 is 2.77 bits per heavy atom. The highest BCUT2D eigenvalue weighted by Crippen LogP contribution is 2.32. The lowest BCUT2D eigenvalue weighted by Crippen LogP contribution is -2.37. The largest absolute Gasteiger partial charge is 0.489 e. The molecule has 164 valence electrons. The van der Waals surface area contributed by atoms with Crippen LogP contribution in [0.15, 0.2) is 58.3 Å². The molecule has 9 heteroatoms. The highest BCUT2D eigenvalue weighted by molar-refractivity contribution is 8.00. The summed E-state index contributed by atoms with van der Waals surface area (Å²) in [5.74, 6) is 1.50. The van der Waals surface area contributed by atoms with Crippen LogP contribution in [-0.4, -0.2) is 29.1 Å². The van der Waals surface area contributed by atoms with Gasteiger partial charge in [-0.1, -0.05) is 29.8 Å². The molecule has 0 aliphatic carbocycles. The first kappa shape index (κ1) is 22.3. The Morgan fingerprint density at radius 2 is 2.06 bits per heavy atom. The van der Waals surface area contributed by atoms with Crippen LogP contribution in [0.25, 0.3) is 0 Å². The molecule has 31 heavy (non-hydrogen) atoms. The predicted octanol–water partition coefficient (Wildman–Crippen LogP) is 6.90. The summed E-state index contributed by atoms with van der Waals surface area (Å²) in [6.07, 6.45) is -0.607. The number of piperidine rings is 1. The lowest BCUT2D eigenvalue weighted by molar-refractivity contribution is 0.0967. The number of hydrogen-bond donors (Lipinski definition) is 1. The van der Waals surface area contributed by atoms with E-state index in [0.29, 0.717) is 17.3 Å². The number of anilines is 1. The molecule has 0 amide bonds. The van der Waals surface area contributed by atoms with Gasteiger partial charge in [0.05, 0.1) is 10.5 Å². The van der Waals surface area contributed by atoms with Crippen LogP contribution >= 0.6 is 34.9 Å². The summed E-state index contributed by atoms with van der Waals surface area (Å²) in [5.41, 5.74) is 2.77. The number of alkyl halides is 2. The van der Waals surface area contributed by atoms with Crippen LogP contribution in [0.5, 0.6) is 5.75 Å². The van der Waals surface area contributed by atoms with E-state index in [2.05, 4.69) is 14.6 Å². The van der Waals surface area contributed by atoms with E-state index in [0.717, 1.165) is 42.2 Å². The zero-order chi connectivity index (χ0) is 21.6. The monoisotopic (exact) mass is 481 g/mol. The number of rotatable bonds is 8. The number of thiazole rings is 1. The molecule has 0 saturated carbocycles. The molecule has 1 saturated heterocycles. The van der Waals surface area contributed by atoms with Gasteiger partial charge < -0.3 is 9.46 Å². The Hall–Kier alpha value is -1.87. The van der Waals surface area contributed by atoms with Crippen molar-refractivity contribution in [1.29, 1.82) is 0 Å². The first-order valence-corrected chi connectivity index (χ1v) is 12.1. The van der Waals surface area contributed by atoms with Gasteiger partial charge in [0.25, 0.3) is 6.43 Å². The first-order chi connectivity index (χ1) is 15.1. The maximum atomic E-state index is 12.9. The number of nitrogens with zero attached hydrogens (tertiary/aromatic N) is 2. The highest BCUT2D eigenvalue weighted by Gasteiger charge is 2.22. The second-order valence-electron chi connectivity index (χ2n) is 7.31. The molecule has 0 spiro atoms. The average Bonchev–Trinajstić information content (AvgIpc) is 3.29. The van der Waals surface area contributed by atoms with E-state index in [1.165, 1.54) is 29.4 Å². The minimum atomic E-state index is -2.43. The molecular weight excluding hydrogens is 460 g/mol. The molecule has 0 radical (unpaired) electrons. The van der Waals surface area contributed by atoms with E-state index in [1.807, 2.05) is 29.6 Å². The van der Waals surface area contributed by atoms with Crippen LogP contribution in [0.3, 0.4) is 0 Å². The topological polar surface area (TPSA) is 37.4 Å². The molecule has 0 unspecified atom stereocenters. The summed E-state index contributed by atoms with van der Waals surface area (Å²) in [5, 5.41) is 2.52. The molecule has 1 N–H and O–H groups in total. The molecule has 4 nitrogen and oxygen atoms in total. The number of ether oxygens (including phenoxy) is 1. The van der Waals surface area contributed by atoms with Gasteiger partial charge in [-0.25, -0.2) is 13.8 Å². The Kier molecular flexibility index (Phi) is 7.66. The van der Waals surface area contributed by atoms with Crippen molar-refractivity contribution in [1.82, 2.24) is 9.88 Å². The van der Waals surface area contributed by atoms with Crippen molar-refractivity contribution < 1.29 is 13.5 Å². The number of hydrogen-bond acceptors (Lipinski definition) is 6. The minimum absolute atomic E-state index is 0.0776. The van der Waals surface area contributed by atoms with Crippen LogP contribution < -0.4 is 9.46 Å². The average molecular weight is 482 g/mol. The van der Waals surface area contributed by atoms with Gasteiger partial charge >= 0.3 is 0 Å². The number of halogens is 3. The van der Waals surface area contributed by atoms with Gasteiger partial charge in [0, 0.05) is 35.5 Å². The van der Waals surface area contributed by atoms with E-state index in [1.54, 1.807) is 17.6 Å². The second-order valence-corrected chi connectivity index (χ2v) is 9.31. The van der Waals surface area contributed by atoms with Crippen LogP contribution in [0, 0.1) is 0 Å². The number of aromatic nitrogens is 1. The Balaban J connectivity index is 1.26. The van der Waals surface area contributed by atoms with Crippen molar-refractivity contribution in [3.8, 4) is 5.75 Å². The predicted molar refractivity (Wildman–Crippen MR) is 123 cm³/mol. The van der Waals surface area contributed by atoms with Gasteiger partial charge in [0.15, 0.2) is 0 Å². The molecule has 0 bridgehead atoms. The lowest BCUT2D eigenvalue weighted by Gasteiger charge is -2.32. The van der Waals surface area contributed by atoms with Crippen molar-refractivity contribution in [2.45, 2.75) is 36.8 Å². The summed E-state index contributed by atoms with van der Waals surface area (Å²) < 4.78 is 35.1. The van der Waals surface area contributed by atoms with Gasteiger partial charge in [0.2, 0.25) is 0 Å². The molecule has 1 fully saturated rings. The summed E-state index contributed by atoms with van der Waals surface area (Å²) in [6, 6.07) is 12.4. The van der Waals surface area contributed by atoms with Gasteiger partial charge in [0.1, 0.15) is 17.7 Å². The van der Waals surface area contributed by atoms with Gasteiger partial charge in [-0.15, -0.1) is 11.3 Å². The van der Waals surface area contributed by atoms with Crippen LogP contribution in [0.1, 0.15) is 30.4 Å². The fraction of sp³-hybridized carbons (Fsp3) is 0.318. The SMILES string of the molecule is FC(F)c1cccc(CN2CCC(Oc3ccc(SNc4cscn4)cc3Cl)CC2)c1. The summed E-state index contributed by atoms with van der Waals surface area (Å²) in [6.45, 7) is 2.38. The van der Waals surface area contributed by atoms with Crippen LogP contribution in [-0.2, 0) is 6.54 Å². The fourth-order valence-electron chi connectivity index (χ4n) is 3.46. The van der Waals surface area contributed by atoms with Gasteiger partial charge in [-0.2, -0.15) is 0 Å². The Labute approximate surface area is 193 Å². The summed E-state index contributed by atoms with van der Waals surface area (Å²) >= 11 is 9.42. The van der Waals surface area contributed by atoms with Crippen molar-refractivity contribution in [3.63, 3.8) is 0 Å². The minimum Gasteiger partial charge on any atom is -0.489 e. The highest BCUT2D eigenvalue weighted by atomic mass is 35.5. The fourth-order valence-corrected chi connectivity index (χ4v) is 4.96. The van der Waals surface area contributed by atoms with Gasteiger partial charge in [-0.05, 0) is 54.6 Å². The van der Waals surface area contributed by atoms with E-state index < -0.39 is 6.43 Å². The number of likely N-dealkylation sites (tertiary alicyclic amines) is 1. The molecule has 4 rings (SSSR count). The van der Waals surface area contributed by atoms with E-state index in [-0.39, 0.29) is 11.7 Å². The third kappa shape index (κ3) is 6.32. The van der Waals surface area contributed by atoms with Crippen molar-refractivity contribution in [2.24, 2.45) is 0 Å². The molecule has 0 atom stereocenters. The van der Waals surface area contributed by atoms with Crippen LogP contribution in [0.4, 0.5) is 14.6 Å². The van der Waals surface area contributed by atoms with E-state index in [4.69, 9.17) is 16.3 Å². The van der Waals surface area contributed by atoms with Crippen molar-refractivity contribution >= 4 is 40.7 Å². The Morgan fingerprint density at radius 1 is 1.23 bits per heavy atom. The third-order valence-corrected chi connectivity index (χ3v) is 6.73. The normalized spacial score (nSPS) is 15.4. The maximum Gasteiger partial charge on any atom is 0.263 e. The smallest absolute Gasteiger partial charge is 0.263 e. The molecule has 1 aliphatic rings. The molecule has 1 aliphatic heterocycles. The number of nitrogens with one attached hydrogen (secondary N) is 1. The van der Waals surface area contributed by atoms with E-state index in [9.17, 15) is 8.78 Å². The standard InChI is InChI=1S/C22H22ClF2N3OS2/c23-19-11-18(31-27-21-13-30-14-26-21)4-5-20(19)29-17-6-8-28(9-7-17)12-15-2-1-3-16(10-15)22(24)25/h1-5,10-11,13-14,17,22,27H,6-9,12H2. The van der Waals surface area contributed by atoms with Crippen molar-refractivity contribution in [2.75, 3.05) is 17.8 Å². The van der Waals surface area contributed by atoms with Crippen molar-refractivity contribution in [3.05, 3.63) is 69.5 Å².